The smallest absolute Gasteiger partial charge is 0.332 e. The van der Waals surface area contributed by atoms with Gasteiger partial charge >= 0.3 is 6.03 Å². The highest BCUT2D eigenvalue weighted by Gasteiger charge is 2.49. The first kappa shape index (κ1) is 22.4. The molecule has 0 radical (unpaired) electrons. The van der Waals surface area contributed by atoms with E-state index in [0.29, 0.717) is 43.5 Å². The number of carbonyl (C=O) groups is 4. The van der Waals surface area contributed by atoms with E-state index in [0.717, 1.165) is 4.90 Å². The Labute approximate surface area is 191 Å². The lowest BCUT2D eigenvalue weighted by molar-refractivity contribution is -0.538. The van der Waals surface area contributed by atoms with Gasteiger partial charge in [0, 0.05) is 25.4 Å². The number of hydrogen-bond donors (Lipinski definition) is 1. The highest BCUT2D eigenvalue weighted by molar-refractivity contribution is 6.31. The van der Waals surface area contributed by atoms with Crippen molar-refractivity contribution in [2.24, 2.45) is 10.9 Å². The molecule has 2 fully saturated rings. The van der Waals surface area contributed by atoms with Gasteiger partial charge in [0.25, 0.3) is 11.8 Å². The van der Waals surface area contributed by atoms with Crippen molar-refractivity contribution in [1.82, 2.24) is 20.0 Å². The van der Waals surface area contributed by atoms with Crippen LogP contribution in [0.5, 0.6) is 0 Å². The number of urea groups is 1. The van der Waals surface area contributed by atoms with E-state index >= 15 is 0 Å². The number of amidine groups is 1. The summed E-state index contributed by atoms with van der Waals surface area (Å²) in [7, 11) is 1.55. The molecule has 0 spiro atoms. The van der Waals surface area contributed by atoms with Crippen molar-refractivity contribution in [2.75, 3.05) is 39.8 Å². The summed E-state index contributed by atoms with van der Waals surface area (Å²) in [4.78, 5) is 59.3. The summed E-state index contributed by atoms with van der Waals surface area (Å²) >= 11 is 0. The summed E-state index contributed by atoms with van der Waals surface area (Å²) in [6, 6.07) is 2.61. The zero-order valence-electron chi connectivity index (χ0n) is 18.9. The SMILES string of the molecule is CC(C)NC(=O)CN1C(=O)C2C(=NC=CC2=[N+]2CCN(C(=O)c3ccco3)CC2)N(C)C1=O. The van der Waals surface area contributed by atoms with E-state index in [1.165, 1.54) is 11.2 Å². The van der Waals surface area contributed by atoms with Crippen molar-refractivity contribution in [3.63, 3.8) is 0 Å². The summed E-state index contributed by atoms with van der Waals surface area (Å²) < 4.78 is 7.23. The van der Waals surface area contributed by atoms with Crippen LogP contribution in [0.3, 0.4) is 0 Å². The number of nitrogens with one attached hydrogen (secondary N) is 1. The fourth-order valence-electron chi connectivity index (χ4n) is 4.21. The third-order valence-electron chi connectivity index (χ3n) is 5.80. The van der Waals surface area contributed by atoms with Crippen LogP contribution < -0.4 is 5.32 Å². The maximum absolute atomic E-state index is 13.4. The number of allylic oxidation sites excluding steroid dienone is 1. The number of aliphatic imine (C=N–C) groups is 1. The molecule has 174 valence electrons. The van der Waals surface area contributed by atoms with E-state index in [2.05, 4.69) is 10.3 Å². The van der Waals surface area contributed by atoms with Gasteiger partial charge in [0.05, 0.1) is 19.4 Å². The third-order valence-corrected chi connectivity index (χ3v) is 5.80. The van der Waals surface area contributed by atoms with Crippen LogP contribution in [0.1, 0.15) is 24.4 Å². The van der Waals surface area contributed by atoms with Gasteiger partial charge in [-0.25, -0.2) is 14.4 Å². The zero-order chi connectivity index (χ0) is 23.7. The minimum absolute atomic E-state index is 0.109. The minimum Gasteiger partial charge on any atom is -0.459 e. The molecule has 0 bridgehead atoms. The Balaban J connectivity index is 1.55. The number of amides is 5. The van der Waals surface area contributed by atoms with Gasteiger partial charge in [-0.2, -0.15) is 0 Å². The lowest BCUT2D eigenvalue weighted by atomic mass is 9.94. The maximum atomic E-state index is 13.4. The molecule has 5 amide bonds. The first-order chi connectivity index (χ1) is 15.8. The number of fused-ring (bicyclic) bond motifs is 1. The van der Waals surface area contributed by atoms with Crippen molar-refractivity contribution in [2.45, 2.75) is 19.9 Å². The Bertz CT molecular complexity index is 1060. The summed E-state index contributed by atoms with van der Waals surface area (Å²) in [6.07, 6.45) is 4.79. The molecule has 3 aliphatic heterocycles. The fraction of sp³-hybridized carbons (Fsp3) is 0.455. The molecule has 4 rings (SSSR count). The zero-order valence-corrected chi connectivity index (χ0v) is 18.9. The lowest BCUT2D eigenvalue weighted by Gasteiger charge is -2.37. The van der Waals surface area contributed by atoms with Gasteiger partial charge in [-0.1, -0.05) is 0 Å². The largest absolute Gasteiger partial charge is 0.459 e. The van der Waals surface area contributed by atoms with Gasteiger partial charge in [0.2, 0.25) is 5.91 Å². The Morgan fingerprint density at radius 3 is 2.64 bits per heavy atom. The molecule has 3 aliphatic rings. The van der Waals surface area contributed by atoms with E-state index in [1.807, 2.05) is 18.4 Å². The maximum Gasteiger partial charge on any atom is 0.332 e. The van der Waals surface area contributed by atoms with Gasteiger partial charge in [-0.3, -0.25) is 24.2 Å². The molecule has 1 aromatic rings. The number of nitrogens with zero attached hydrogens (tertiary/aromatic N) is 5. The van der Waals surface area contributed by atoms with Crippen LogP contribution >= 0.6 is 0 Å². The highest BCUT2D eigenvalue weighted by atomic mass is 16.3. The number of carbonyl (C=O) groups excluding carboxylic acids is 4. The second-order valence-electron chi connectivity index (χ2n) is 8.41. The number of furan rings is 1. The number of rotatable bonds is 4. The molecule has 1 N–H and O–H groups in total. The van der Waals surface area contributed by atoms with Gasteiger partial charge in [-0.05, 0) is 26.0 Å². The molecule has 0 saturated carbocycles. The molecular weight excluding hydrogens is 428 g/mol. The molecule has 0 aliphatic carbocycles. The summed E-state index contributed by atoms with van der Waals surface area (Å²) in [5.74, 6) is -1.23. The fourth-order valence-corrected chi connectivity index (χ4v) is 4.21. The molecule has 11 heteroatoms. The molecule has 1 unspecified atom stereocenters. The van der Waals surface area contributed by atoms with Crippen LogP contribution in [0, 0.1) is 5.92 Å². The number of hydrogen-bond acceptors (Lipinski definition) is 6. The molecule has 1 atom stereocenters. The normalized spacial score (nSPS) is 20.9. The van der Waals surface area contributed by atoms with E-state index in [-0.39, 0.29) is 18.5 Å². The third kappa shape index (κ3) is 4.30. The second kappa shape index (κ2) is 9.00. The average molecular weight is 455 g/mol. The van der Waals surface area contributed by atoms with Crippen LogP contribution in [-0.2, 0) is 9.59 Å². The summed E-state index contributed by atoms with van der Waals surface area (Å²) in [5.41, 5.74) is 0.698. The van der Waals surface area contributed by atoms with Crippen molar-refractivity contribution < 1.29 is 28.2 Å². The van der Waals surface area contributed by atoms with Gasteiger partial charge in [0.1, 0.15) is 12.4 Å². The van der Waals surface area contributed by atoms with Crippen molar-refractivity contribution >= 4 is 35.3 Å². The van der Waals surface area contributed by atoms with Gasteiger partial charge in [0.15, 0.2) is 30.5 Å². The quantitative estimate of drug-likeness (QED) is 0.649. The van der Waals surface area contributed by atoms with Crippen LogP contribution in [0.2, 0.25) is 0 Å². The predicted molar refractivity (Wildman–Crippen MR) is 118 cm³/mol. The average Bonchev–Trinajstić information content (AvgIpc) is 3.34. The van der Waals surface area contributed by atoms with Crippen molar-refractivity contribution in [3.05, 3.63) is 36.4 Å². The molecule has 11 nitrogen and oxygen atoms in total. The Kier molecular flexibility index (Phi) is 6.12. The predicted octanol–water partition coefficient (Wildman–Crippen LogP) is 0.150. The van der Waals surface area contributed by atoms with Crippen LogP contribution in [0.15, 0.2) is 40.1 Å². The second-order valence-corrected chi connectivity index (χ2v) is 8.41. The van der Waals surface area contributed by atoms with Crippen molar-refractivity contribution in [1.29, 1.82) is 0 Å². The van der Waals surface area contributed by atoms with Crippen LogP contribution in [0.25, 0.3) is 0 Å². The molecule has 1 aromatic heterocycles. The monoisotopic (exact) mass is 455 g/mol. The molecule has 2 saturated heterocycles. The minimum atomic E-state index is -0.795. The van der Waals surface area contributed by atoms with Crippen molar-refractivity contribution in [3.8, 4) is 0 Å². The standard InChI is InChI=1S/C22H26N6O5/c1-14(2)24-17(29)13-28-21(31)18-15(6-7-23-19(18)25(3)22(28)32)26-8-10-27(11-9-26)20(30)16-5-4-12-33-16/h4-7,12,14,18H,8-11,13H2,1-3H3/p+1. The number of imide groups is 1. The summed E-state index contributed by atoms with van der Waals surface area (Å²) in [5, 5.41) is 2.71. The Morgan fingerprint density at radius 2 is 2.00 bits per heavy atom. The van der Waals surface area contributed by atoms with Crippen LogP contribution in [0.4, 0.5) is 4.79 Å². The first-order valence-electron chi connectivity index (χ1n) is 10.8. The molecule has 0 aromatic carbocycles. The van der Waals surface area contributed by atoms with Gasteiger partial charge < -0.3 is 14.6 Å². The van der Waals surface area contributed by atoms with Crippen LogP contribution in [-0.4, -0.2) is 100 Å². The molecule has 33 heavy (non-hydrogen) atoms. The lowest BCUT2D eigenvalue weighted by Crippen LogP contribution is -2.63. The Morgan fingerprint density at radius 1 is 1.27 bits per heavy atom. The van der Waals surface area contributed by atoms with E-state index < -0.39 is 23.8 Å². The van der Waals surface area contributed by atoms with E-state index in [9.17, 15) is 19.2 Å². The molecular formula is C22H27N6O5+. The van der Waals surface area contributed by atoms with E-state index in [4.69, 9.17) is 4.42 Å². The topological polar surface area (TPSA) is 119 Å². The Hall–Kier alpha value is -3.76. The number of piperazine rings is 1. The summed E-state index contributed by atoms with van der Waals surface area (Å²) in [6.45, 7) is 5.19. The van der Waals surface area contributed by atoms with Gasteiger partial charge in [-0.15, -0.1) is 0 Å². The van der Waals surface area contributed by atoms with E-state index in [1.54, 1.807) is 36.4 Å². The highest BCUT2D eigenvalue weighted by Crippen LogP contribution is 2.23. The molecule has 4 heterocycles. The first-order valence-corrected chi connectivity index (χ1v) is 10.8.